The smallest absolute Gasteiger partial charge is 0.244 e. The predicted molar refractivity (Wildman–Crippen MR) is 83.9 cm³/mol. The molecule has 1 aromatic carbocycles. The fourth-order valence-corrected chi connectivity index (χ4v) is 4.37. The molecule has 0 saturated carbocycles. The average molecular weight is 353 g/mol. The minimum Gasteiger partial charge on any atom is -0.492 e. The van der Waals surface area contributed by atoms with Gasteiger partial charge in [0, 0.05) is 32.2 Å². The van der Waals surface area contributed by atoms with Gasteiger partial charge < -0.3 is 9.64 Å². The van der Waals surface area contributed by atoms with Crippen molar-refractivity contribution in [1.82, 2.24) is 9.21 Å². The van der Waals surface area contributed by atoms with E-state index < -0.39 is 10.0 Å². The molecule has 0 bridgehead atoms. The standard InChI is InChI=1S/C13H18Cl2N2O3S/c1-3-20-12-8-11(15)13(9-10(12)14)21(18,19)17-6-4-16(2)5-7-17/h8-9H,3-7H2,1-2H3. The average Bonchev–Trinajstić information content (AvgIpc) is 2.43. The van der Waals surface area contributed by atoms with Crippen molar-refractivity contribution in [3.8, 4) is 5.75 Å². The van der Waals surface area contributed by atoms with Gasteiger partial charge in [0.2, 0.25) is 10.0 Å². The largest absolute Gasteiger partial charge is 0.492 e. The molecular formula is C13H18Cl2N2O3S. The van der Waals surface area contributed by atoms with Gasteiger partial charge in [0.1, 0.15) is 10.6 Å². The van der Waals surface area contributed by atoms with Gasteiger partial charge in [-0.15, -0.1) is 0 Å². The lowest BCUT2D eigenvalue weighted by molar-refractivity contribution is 0.222. The Kier molecular flexibility index (Phi) is 5.38. The highest BCUT2D eigenvalue weighted by atomic mass is 35.5. The maximum Gasteiger partial charge on any atom is 0.244 e. The molecule has 0 unspecified atom stereocenters. The van der Waals surface area contributed by atoms with E-state index in [-0.39, 0.29) is 14.9 Å². The van der Waals surface area contributed by atoms with Gasteiger partial charge in [-0.3, -0.25) is 0 Å². The van der Waals surface area contributed by atoms with Crippen LogP contribution in [0.25, 0.3) is 0 Å². The van der Waals surface area contributed by atoms with Crippen LogP contribution < -0.4 is 4.74 Å². The molecule has 1 fully saturated rings. The number of ether oxygens (including phenoxy) is 1. The molecule has 0 spiro atoms. The van der Waals surface area contributed by atoms with Crippen molar-refractivity contribution in [2.45, 2.75) is 11.8 Å². The van der Waals surface area contributed by atoms with Crippen LogP contribution in [0, 0.1) is 0 Å². The zero-order valence-corrected chi connectivity index (χ0v) is 14.3. The highest BCUT2D eigenvalue weighted by Gasteiger charge is 2.30. The summed E-state index contributed by atoms with van der Waals surface area (Å²) < 4.78 is 32.1. The third kappa shape index (κ3) is 3.63. The lowest BCUT2D eigenvalue weighted by atomic mass is 10.3. The van der Waals surface area contributed by atoms with Crippen LogP contribution in [-0.2, 0) is 10.0 Å². The lowest BCUT2D eigenvalue weighted by Crippen LogP contribution is -2.47. The predicted octanol–water partition coefficient (Wildman–Crippen LogP) is 2.33. The van der Waals surface area contributed by atoms with Crippen molar-refractivity contribution in [3.05, 3.63) is 22.2 Å². The van der Waals surface area contributed by atoms with E-state index >= 15 is 0 Å². The van der Waals surface area contributed by atoms with Gasteiger partial charge in [-0.2, -0.15) is 4.31 Å². The molecule has 8 heteroatoms. The molecule has 118 valence electrons. The topological polar surface area (TPSA) is 49.9 Å². The Hall–Kier alpha value is -0.530. The number of halogens is 2. The summed E-state index contributed by atoms with van der Waals surface area (Å²) in [6.07, 6.45) is 0. The van der Waals surface area contributed by atoms with Crippen molar-refractivity contribution >= 4 is 33.2 Å². The number of benzene rings is 1. The summed E-state index contributed by atoms with van der Waals surface area (Å²) in [4.78, 5) is 2.11. The minimum absolute atomic E-state index is 0.0298. The second-order valence-corrected chi connectivity index (χ2v) is 7.57. The monoisotopic (exact) mass is 352 g/mol. The van der Waals surface area contributed by atoms with Crippen molar-refractivity contribution in [1.29, 1.82) is 0 Å². The van der Waals surface area contributed by atoms with Gasteiger partial charge in [-0.05, 0) is 20.0 Å². The third-order valence-electron chi connectivity index (χ3n) is 3.37. The van der Waals surface area contributed by atoms with Crippen LogP contribution in [0.3, 0.4) is 0 Å². The van der Waals surface area contributed by atoms with Gasteiger partial charge in [-0.25, -0.2) is 8.42 Å². The van der Waals surface area contributed by atoms with Crippen molar-refractivity contribution < 1.29 is 13.2 Å². The molecule has 0 atom stereocenters. The van der Waals surface area contributed by atoms with E-state index in [1.54, 1.807) is 0 Å². The summed E-state index contributed by atoms with van der Waals surface area (Å²) in [7, 11) is -1.67. The Labute approximate surface area is 135 Å². The maximum atomic E-state index is 12.7. The van der Waals surface area contributed by atoms with E-state index in [2.05, 4.69) is 4.90 Å². The first-order chi connectivity index (χ1) is 9.86. The summed E-state index contributed by atoms with van der Waals surface area (Å²) in [5.74, 6) is 0.390. The molecule has 0 radical (unpaired) electrons. The number of nitrogens with zero attached hydrogens (tertiary/aromatic N) is 2. The molecule has 1 aromatic rings. The quantitative estimate of drug-likeness (QED) is 0.834. The highest BCUT2D eigenvalue weighted by molar-refractivity contribution is 7.89. The Morgan fingerprint density at radius 2 is 1.76 bits per heavy atom. The van der Waals surface area contributed by atoms with Crippen LogP contribution in [-0.4, -0.2) is 57.5 Å². The molecule has 1 aliphatic rings. The van der Waals surface area contributed by atoms with E-state index in [4.69, 9.17) is 27.9 Å². The summed E-state index contributed by atoms with van der Waals surface area (Å²) in [6, 6.07) is 2.82. The van der Waals surface area contributed by atoms with Gasteiger partial charge >= 0.3 is 0 Å². The van der Waals surface area contributed by atoms with Crippen LogP contribution in [0.4, 0.5) is 0 Å². The molecule has 0 amide bonds. The van der Waals surface area contributed by atoms with Gasteiger partial charge in [-0.1, -0.05) is 23.2 Å². The molecule has 1 aliphatic heterocycles. The molecular weight excluding hydrogens is 335 g/mol. The lowest BCUT2D eigenvalue weighted by Gasteiger charge is -2.31. The molecule has 1 saturated heterocycles. The maximum absolute atomic E-state index is 12.7. The number of sulfonamides is 1. The van der Waals surface area contributed by atoms with Crippen LogP contribution in [0.15, 0.2) is 17.0 Å². The zero-order chi connectivity index (χ0) is 15.6. The SMILES string of the molecule is CCOc1cc(Cl)c(S(=O)(=O)N2CCN(C)CC2)cc1Cl. The Balaban J connectivity index is 2.34. The Bertz CT molecular complexity index is 614. The van der Waals surface area contributed by atoms with Crippen LogP contribution in [0.2, 0.25) is 10.0 Å². The minimum atomic E-state index is -3.64. The van der Waals surface area contributed by atoms with Gasteiger partial charge in [0.25, 0.3) is 0 Å². The summed E-state index contributed by atoms with van der Waals surface area (Å²) in [5.41, 5.74) is 0. The third-order valence-corrected chi connectivity index (χ3v) is 6.03. The first-order valence-corrected chi connectivity index (χ1v) is 8.86. The van der Waals surface area contributed by atoms with Crippen molar-refractivity contribution in [2.75, 3.05) is 39.8 Å². The Morgan fingerprint density at radius 3 is 2.33 bits per heavy atom. The van der Waals surface area contributed by atoms with Crippen LogP contribution >= 0.6 is 23.2 Å². The molecule has 2 rings (SSSR count). The fraction of sp³-hybridized carbons (Fsp3) is 0.538. The van der Waals surface area contributed by atoms with Crippen LogP contribution in [0.5, 0.6) is 5.75 Å². The molecule has 5 nitrogen and oxygen atoms in total. The number of hydrogen-bond acceptors (Lipinski definition) is 4. The van der Waals surface area contributed by atoms with Crippen molar-refractivity contribution in [3.63, 3.8) is 0 Å². The van der Waals surface area contributed by atoms with E-state index in [0.717, 1.165) is 0 Å². The number of rotatable bonds is 4. The number of hydrogen-bond donors (Lipinski definition) is 0. The fourth-order valence-electron chi connectivity index (χ4n) is 2.14. The van der Waals surface area contributed by atoms with Gasteiger partial charge in [0.15, 0.2) is 0 Å². The zero-order valence-electron chi connectivity index (χ0n) is 12.0. The second-order valence-electron chi connectivity index (χ2n) is 4.85. The first kappa shape index (κ1) is 16.8. The number of likely N-dealkylation sites (N-methyl/N-ethyl adjacent to an activating group) is 1. The first-order valence-electron chi connectivity index (χ1n) is 6.66. The summed E-state index contributed by atoms with van der Waals surface area (Å²) in [5, 5.41) is 0.371. The normalized spacial score (nSPS) is 17.9. The summed E-state index contributed by atoms with van der Waals surface area (Å²) in [6.45, 7) is 4.53. The van der Waals surface area contributed by atoms with Crippen LogP contribution in [0.1, 0.15) is 6.92 Å². The van der Waals surface area contributed by atoms with E-state index in [0.29, 0.717) is 38.5 Å². The molecule has 0 aliphatic carbocycles. The van der Waals surface area contributed by atoms with E-state index in [1.807, 2.05) is 14.0 Å². The second kappa shape index (κ2) is 6.71. The molecule has 0 aromatic heterocycles. The van der Waals surface area contributed by atoms with Crippen molar-refractivity contribution in [2.24, 2.45) is 0 Å². The summed E-state index contributed by atoms with van der Waals surface area (Å²) >= 11 is 12.2. The van der Waals surface area contributed by atoms with Gasteiger partial charge in [0.05, 0.1) is 16.7 Å². The number of piperazine rings is 1. The molecule has 21 heavy (non-hydrogen) atoms. The highest BCUT2D eigenvalue weighted by Crippen LogP contribution is 2.35. The molecule has 0 N–H and O–H groups in total. The van der Waals surface area contributed by atoms with E-state index in [1.165, 1.54) is 16.4 Å². The van der Waals surface area contributed by atoms with E-state index in [9.17, 15) is 8.42 Å². The Morgan fingerprint density at radius 1 is 1.14 bits per heavy atom. The molecule has 1 heterocycles.